The average Bonchev–Trinajstić information content (AvgIpc) is 2.85. The first-order valence-electron chi connectivity index (χ1n) is 8.35. The predicted octanol–water partition coefficient (Wildman–Crippen LogP) is 2.91. The Labute approximate surface area is 151 Å². The number of thioether (sulfide) groups is 1. The molecule has 1 amide bonds. The van der Waals surface area contributed by atoms with Crippen LogP contribution in [0, 0.1) is 25.2 Å². The van der Waals surface area contributed by atoms with E-state index in [4.69, 9.17) is 0 Å². The Morgan fingerprint density at radius 2 is 2.16 bits per heavy atom. The number of amides is 1. The van der Waals surface area contributed by atoms with E-state index in [0.29, 0.717) is 10.6 Å². The standard InChI is InChI=1S/C18H21N5OS/c1-11-17(12(2)23(3)22-11)21-16(24)10-25-18-14(9-19)8-13-6-4-5-7-15(13)20-18/h8H,4-7,10H2,1-3H3,(H,21,24). The van der Waals surface area contributed by atoms with Crippen molar-refractivity contribution in [2.24, 2.45) is 7.05 Å². The van der Waals surface area contributed by atoms with Gasteiger partial charge in [0.05, 0.1) is 28.4 Å². The van der Waals surface area contributed by atoms with Gasteiger partial charge in [-0.15, -0.1) is 0 Å². The van der Waals surface area contributed by atoms with Gasteiger partial charge < -0.3 is 5.32 Å². The molecule has 1 N–H and O–H groups in total. The molecule has 7 heteroatoms. The number of aromatic nitrogens is 3. The van der Waals surface area contributed by atoms with Crippen molar-refractivity contribution in [3.05, 3.63) is 34.3 Å². The van der Waals surface area contributed by atoms with Crippen LogP contribution in [0.15, 0.2) is 11.1 Å². The second kappa shape index (κ2) is 7.28. The Hall–Kier alpha value is -2.33. The molecule has 1 aliphatic rings. The van der Waals surface area contributed by atoms with Gasteiger partial charge in [-0.3, -0.25) is 9.48 Å². The summed E-state index contributed by atoms with van der Waals surface area (Å²) in [7, 11) is 1.85. The highest BCUT2D eigenvalue weighted by Crippen LogP contribution is 2.27. The second-order valence-electron chi connectivity index (χ2n) is 6.27. The molecular weight excluding hydrogens is 334 g/mol. The lowest BCUT2D eigenvalue weighted by Crippen LogP contribution is -2.16. The van der Waals surface area contributed by atoms with Crippen molar-refractivity contribution >= 4 is 23.4 Å². The number of rotatable bonds is 4. The largest absolute Gasteiger partial charge is 0.322 e. The fourth-order valence-electron chi connectivity index (χ4n) is 3.07. The highest BCUT2D eigenvalue weighted by Gasteiger charge is 2.17. The fourth-order valence-corrected chi connectivity index (χ4v) is 3.84. The van der Waals surface area contributed by atoms with Gasteiger partial charge in [0.1, 0.15) is 11.1 Å². The maximum absolute atomic E-state index is 12.3. The zero-order chi connectivity index (χ0) is 18.0. The summed E-state index contributed by atoms with van der Waals surface area (Å²) in [6, 6.07) is 4.15. The Morgan fingerprint density at radius 1 is 1.40 bits per heavy atom. The second-order valence-corrected chi connectivity index (χ2v) is 7.24. The highest BCUT2D eigenvalue weighted by atomic mass is 32.2. The highest BCUT2D eigenvalue weighted by molar-refractivity contribution is 8.00. The van der Waals surface area contributed by atoms with E-state index in [1.807, 2.05) is 27.0 Å². The summed E-state index contributed by atoms with van der Waals surface area (Å²) in [4.78, 5) is 17.0. The zero-order valence-corrected chi connectivity index (χ0v) is 15.5. The van der Waals surface area contributed by atoms with Gasteiger partial charge in [-0.05, 0) is 51.2 Å². The van der Waals surface area contributed by atoms with Gasteiger partial charge in [-0.2, -0.15) is 10.4 Å². The van der Waals surface area contributed by atoms with Crippen molar-refractivity contribution in [1.82, 2.24) is 14.8 Å². The molecular formula is C18H21N5OS. The molecule has 130 valence electrons. The van der Waals surface area contributed by atoms with Crippen molar-refractivity contribution in [1.29, 1.82) is 5.26 Å². The molecule has 1 aliphatic carbocycles. The Kier molecular flexibility index (Phi) is 5.09. The number of carbonyl (C=O) groups excluding carboxylic acids is 1. The number of nitrogens with one attached hydrogen (secondary N) is 1. The van der Waals surface area contributed by atoms with Crippen molar-refractivity contribution in [3.8, 4) is 6.07 Å². The van der Waals surface area contributed by atoms with E-state index in [0.717, 1.165) is 48.5 Å². The van der Waals surface area contributed by atoms with E-state index < -0.39 is 0 Å². The van der Waals surface area contributed by atoms with Crippen LogP contribution in [-0.2, 0) is 24.7 Å². The zero-order valence-electron chi connectivity index (χ0n) is 14.7. The number of nitriles is 1. The van der Waals surface area contributed by atoms with Crippen LogP contribution in [0.2, 0.25) is 0 Å². The lowest BCUT2D eigenvalue weighted by atomic mass is 9.95. The Balaban J connectivity index is 1.71. The topological polar surface area (TPSA) is 83.6 Å². The van der Waals surface area contributed by atoms with Crippen LogP contribution in [0.1, 0.15) is 41.1 Å². The van der Waals surface area contributed by atoms with Crippen molar-refractivity contribution < 1.29 is 4.79 Å². The summed E-state index contributed by atoms with van der Waals surface area (Å²) in [6.07, 6.45) is 4.23. The van der Waals surface area contributed by atoms with Gasteiger partial charge in [0.25, 0.3) is 0 Å². The quantitative estimate of drug-likeness (QED) is 0.853. The molecule has 0 bridgehead atoms. The first-order chi connectivity index (χ1) is 12.0. The number of fused-ring (bicyclic) bond motifs is 1. The van der Waals surface area contributed by atoms with E-state index >= 15 is 0 Å². The van der Waals surface area contributed by atoms with Gasteiger partial charge in [-0.25, -0.2) is 4.98 Å². The molecule has 3 rings (SSSR count). The van der Waals surface area contributed by atoms with Crippen LogP contribution < -0.4 is 5.32 Å². The summed E-state index contributed by atoms with van der Waals surface area (Å²) < 4.78 is 1.75. The third-order valence-electron chi connectivity index (χ3n) is 4.50. The van der Waals surface area contributed by atoms with Crippen molar-refractivity contribution in [3.63, 3.8) is 0 Å². The summed E-state index contributed by atoms with van der Waals surface area (Å²) in [5.41, 5.74) is 5.29. The minimum atomic E-state index is -0.118. The molecule has 0 aromatic carbocycles. The van der Waals surface area contributed by atoms with E-state index in [1.165, 1.54) is 17.3 Å². The third kappa shape index (κ3) is 3.69. The minimum Gasteiger partial charge on any atom is -0.322 e. The van der Waals surface area contributed by atoms with Gasteiger partial charge in [0, 0.05) is 12.7 Å². The van der Waals surface area contributed by atoms with E-state index in [-0.39, 0.29) is 11.7 Å². The summed E-state index contributed by atoms with van der Waals surface area (Å²) in [5, 5.41) is 17.2. The van der Waals surface area contributed by atoms with Gasteiger partial charge in [0.15, 0.2) is 0 Å². The molecule has 0 saturated heterocycles. The maximum atomic E-state index is 12.3. The smallest absolute Gasteiger partial charge is 0.234 e. The first-order valence-corrected chi connectivity index (χ1v) is 9.34. The van der Waals surface area contributed by atoms with Gasteiger partial charge in [-0.1, -0.05) is 11.8 Å². The molecule has 0 unspecified atom stereocenters. The van der Waals surface area contributed by atoms with Crippen LogP contribution in [0.4, 0.5) is 5.69 Å². The van der Waals surface area contributed by atoms with E-state index in [1.54, 1.807) is 4.68 Å². The molecule has 2 heterocycles. The van der Waals surface area contributed by atoms with E-state index in [9.17, 15) is 10.1 Å². The number of carbonyl (C=O) groups is 1. The fraction of sp³-hybridized carbons (Fsp3) is 0.444. The van der Waals surface area contributed by atoms with Crippen LogP contribution >= 0.6 is 11.8 Å². The Morgan fingerprint density at radius 3 is 2.84 bits per heavy atom. The molecule has 0 spiro atoms. The van der Waals surface area contributed by atoms with Crippen LogP contribution in [0.3, 0.4) is 0 Å². The van der Waals surface area contributed by atoms with Crippen LogP contribution in [0.25, 0.3) is 0 Å². The number of aryl methyl sites for hydroxylation is 4. The van der Waals surface area contributed by atoms with Crippen LogP contribution in [-0.4, -0.2) is 26.4 Å². The summed E-state index contributed by atoms with van der Waals surface area (Å²) in [6.45, 7) is 3.79. The number of hydrogen-bond acceptors (Lipinski definition) is 5. The predicted molar refractivity (Wildman–Crippen MR) is 97.6 cm³/mol. The van der Waals surface area contributed by atoms with Gasteiger partial charge in [0.2, 0.25) is 5.91 Å². The maximum Gasteiger partial charge on any atom is 0.234 e. The number of anilines is 1. The molecule has 25 heavy (non-hydrogen) atoms. The first kappa shape index (κ1) is 17.5. The summed E-state index contributed by atoms with van der Waals surface area (Å²) in [5.74, 6) is 0.0986. The molecule has 0 radical (unpaired) electrons. The molecule has 0 saturated carbocycles. The lowest BCUT2D eigenvalue weighted by Gasteiger charge is -2.16. The average molecular weight is 355 g/mol. The molecule has 2 aromatic rings. The molecule has 0 fully saturated rings. The third-order valence-corrected chi connectivity index (χ3v) is 5.49. The molecule has 0 atom stereocenters. The van der Waals surface area contributed by atoms with E-state index in [2.05, 4.69) is 21.5 Å². The monoisotopic (exact) mass is 355 g/mol. The number of nitrogens with zero attached hydrogens (tertiary/aromatic N) is 4. The lowest BCUT2D eigenvalue weighted by molar-refractivity contribution is -0.113. The number of pyridine rings is 1. The van der Waals surface area contributed by atoms with Crippen molar-refractivity contribution in [2.75, 3.05) is 11.1 Å². The Bertz CT molecular complexity index is 865. The molecule has 0 aliphatic heterocycles. The number of hydrogen-bond donors (Lipinski definition) is 1. The van der Waals surface area contributed by atoms with Crippen molar-refractivity contribution in [2.45, 2.75) is 44.6 Å². The van der Waals surface area contributed by atoms with Crippen LogP contribution in [0.5, 0.6) is 0 Å². The van der Waals surface area contributed by atoms with Gasteiger partial charge >= 0.3 is 0 Å². The summed E-state index contributed by atoms with van der Waals surface area (Å²) >= 11 is 1.32. The molecule has 2 aromatic heterocycles. The normalized spacial score (nSPS) is 13.2. The minimum absolute atomic E-state index is 0.118. The SMILES string of the molecule is Cc1nn(C)c(C)c1NC(=O)CSc1nc2c(cc1C#N)CCCC2. The molecule has 6 nitrogen and oxygen atoms in total.